The van der Waals surface area contributed by atoms with E-state index < -0.39 is 23.8 Å². The van der Waals surface area contributed by atoms with Crippen molar-refractivity contribution in [1.29, 1.82) is 0 Å². The van der Waals surface area contributed by atoms with Crippen LogP contribution >= 0.6 is 0 Å². The van der Waals surface area contributed by atoms with Crippen molar-refractivity contribution in [2.75, 3.05) is 37.6 Å². The van der Waals surface area contributed by atoms with Gasteiger partial charge in [-0.15, -0.1) is 10.2 Å². The van der Waals surface area contributed by atoms with Crippen molar-refractivity contribution in [1.82, 2.24) is 50.5 Å². The number of carbonyl (C=O) groups excluding carboxylic acids is 1. The van der Waals surface area contributed by atoms with E-state index in [0.29, 0.717) is 64.8 Å². The Labute approximate surface area is 463 Å². The number of hydrogen-bond acceptors (Lipinski definition) is 16. The summed E-state index contributed by atoms with van der Waals surface area (Å²) in [7, 11) is 0. The number of carbonyl (C=O) groups is 1. The summed E-state index contributed by atoms with van der Waals surface area (Å²) in [6, 6.07) is 26.0. The molecule has 0 spiro atoms. The number of amidine groups is 1. The Hall–Kier alpha value is -7.32. The maximum atomic E-state index is 14.5. The number of aliphatic imine (C=N–C) groups is 1. The summed E-state index contributed by atoms with van der Waals surface area (Å²) in [6.07, 6.45) is 14.0. The Morgan fingerprint density at radius 2 is 1.59 bits per heavy atom. The predicted molar refractivity (Wildman–Crippen MR) is 297 cm³/mol. The third-order valence-corrected chi connectivity index (χ3v) is 18.7. The number of aromatic hydroxyl groups is 1. The second kappa shape index (κ2) is 20.0. The predicted octanol–water partition coefficient (Wildman–Crippen LogP) is 8.55. The molecule has 7 aromatic rings. The molecule has 2 unspecified atom stereocenters. The van der Waals surface area contributed by atoms with Crippen LogP contribution in [-0.4, -0.2) is 136 Å². The summed E-state index contributed by atoms with van der Waals surface area (Å²) in [5, 5.41) is 35.6. The normalized spacial score (nSPS) is 28.3. The van der Waals surface area contributed by atoms with E-state index in [1.807, 2.05) is 75.5 Å². The van der Waals surface area contributed by atoms with Gasteiger partial charge in [-0.1, -0.05) is 68.4 Å². The SMILES string of the molecule is CC(C)[C@@H](C(=O)N1C[C@H](O)C[C@H]1C1=N[C@@](C)(c2ccc(-c3ccccc3F)cc2)ON1)c1cc(OC2CCC(N3CCC(c4cnc(C56CC7CN(c8c[nH]c9nnc(-c%10ccccc%10O)cc89)CC(C5)N76)nc4)CC3)CC2)no1. The number of hydrogen-bond donors (Lipinski definition) is 4. The van der Waals surface area contributed by atoms with Crippen LogP contribution in [0.15, 0.2) is 113 Å². The second-order valence-electron chi connectivity index (χ2n) is 23.9. The Kier molecular flexibility index (Phi) is 12.7. The number of aliphatic hydroxyl groups excluding tert-OH is 1. The Morgan fingerprint density at radius 1 is 0.863 bits per heavy atom. The van der Waals surface area contributed by atoms with Crippen LogP contribution in [0.2, 0.25) is 0 Å². The average Bonchev–Trinajstić information content (AvgIpc) is 4.48. The van der Waals surface area contributed by atoms with Crippen LogP contribution in [0.5, 0.6) is 11.6 Å². The fraction of sp³-hybridized carbons (Fsp3) is 0.459. The molecule has 19 heteroatoms. The molecule has 6 fully saturated rings. The highest BCUT2D eigenvalue weighted by molar-refractivity contribution is 5.95. The zero-order chi connectivity index (χ0) is 54.4. The molecule has 10 heterocycles. The van der Waals surface area contributed by atoms with Gasteiger partial charge in [0.25, 0.3) is 5.88 Å². The number of nitrogens with zero attached hydrogens (tertiary/aromatic N) is 10. The second-order valence-corrected chi connectivity index (χ2v) is 23.9. The Bertz CT molecular complexity index is 3450. The number of fused-ring (bicyclic) bond motifs is 1. The number of likely N-dealkylation sites (tertiary alicyclic amines) is 2. The summed E-state index contributed by atoms with van der Waals surface area (Å²) in [5.74, 6) is 1.58. The van der Waals surface area contributed by atoms with Gasteiger partial charge in [-0.2, -0.15) is 0 Å². The van der Waals surface area contributed by atoms with Gasteiger partial charge in [0.15, 0.2) is 11.4 Å². The van der Waals surface area contributed by atoms with Crippen molar-refractivity contribution in [2.45, 2.75) is 138 Å². The first kappa shape index (κ1) is 50.9. The van der Waals surface area contributed by atoms with Crippen LogP contribution in [0.4, 0.5) is 10.1 Å². The van der Waals surface area contributed by atoms with Crippen LogP contribution in [0.1, 0.15) is 113 Å². The zero-order valence-electron chi connectivity index (χ0n) is 45.3. The van der Waals surface area contributed by atoms with Gasteiger partial charge in [0, 0.05) is 90.9 Å². The minimum atomic E-state index is -1.11. The van der Waals surface area contributed by atoms with Gasteiger partial charge in [0.2, 0.25) is 11.6 Å². The molecule has 80 heavy (non-hydrogen) atoms. The number of halogens is 1. The molecular weight excluding hydrogens is 1020 g/mol. The highest BCUT2D eigenvalue weighted by Crippen LogP contribution is 2.59. The number of rotatable bonds is 13. The van der Waals surface area contributed by atoms with E-state index in [9.17, 15) is 19.4 Å². The summed E-state index contributed by atoms with van der Waals surface area (Å²) in [6.45, 7) is 9.88. The third kappa shape index (κ3) is 8.87. The van der Waals surface area contributed by atoms with E-state index in [2.05, 4.69) is 52.9 Å². The lowest BCUT2D eigenvalue weighted by molar-refractivity contribution is -0.216. The molecule has 18 nitrogen and oxygen atoms in total. The molecule has 0 bridgehead atoms. The zero-order valence-corrected chi connectivity index (χ0v) is 45.3. The first-order valence-electron chi connectivity index (χ1n) is 28.6. The van der Waals surface area contributed by atoms with E-state index in [4.69, 9.17) is 29.1 Å². The highest BCUT2D eigenvalue weighted by atomic mass is 19.1. The summed E-state index contributed by atoms with van der Waals surface area (Å²) in [4.78, 5) is 48.5. The molecule has 5 saturated heterocycles. The number of β-amino-alcohol motifs (C(OH)–C–C–N with tert-alkyl or cyclic N) is 1. The van der Waals surface area contributed by atoms with Crippen molar-refractivity contribution < 1.29 is 33.5 Å². The molecule has 7 aliphatic rings. The van der Waals surface area contributed by atoms with Gasteiger partial charge in [-0.3, -0.25) is 9.69 Å². The molecule has 1 amide bonds. The number of benzene rings is 3. The molecule has 0 radical (unpaired) electrons. The summed E-state index contributed by atoms with van der Waals surface area (Å²) < 4.78 is 26.9. The number of ether oxygens (including phenoxy) is 1. The number of piperazine rings is 1. The lowest BCUT2D eigenvalue weighted by Crippen LogP contribution is -2.82. The fourth-order valence-electron chi connectivity index (χ4n) is 14.6. The van der Waals surface area contributed by atoms with Crippen molar-refractivity contribution in [2.24, 2.45) is 10.9 Å². The molecule has 3 aromatic carbocycles. The molecule has 4 N–H and O–H groups in total. The summed E-state index contributed by atoms with van der Waals surface area (Å²) in [5.41, 5.74) is 8.27. The van der Waals surface area contributed by atoms with Crippen LogP contribution in [0.25, 0.3) is 33.4 Å². The maximum Gasteiger partial charge on any atom is 0.254 e. The Balaban J connectivity index is 0.549. The lowest BCUT2D eigenvalue weighted by atomic mass is 9.62. The average molecular weight is 1080 g/mol. The third-order valence-electron chi connectivity index (χ3n) is 18.7. The lowest BCUT2D eigenvalue weighted by Gasteiger charge is -2.72. The maximum absolute atomic E-state index is 14.5. The fourth-order valence-corrected chi connectivity index (χ4v) is 14.6. The number of nitrogens with one attached hydrogen (secondary N) is 2. The molecule has 4 aromatic heterocycles. The summed E-state index contributed by atoms with van der Waals surface area (Å²) >= 11 is 0. The smallest absolute Gasteiger partial charge is 0.254 e. The van der Waals surface area contributed by atoms with Crippen LogP contribution in [-0.2, 0) is 20.9 Å². The number of para-hydroxylation sites is 1. The van der Waals surface area contributed by atoms with Crippen molar-refractivity contribution in [3.05, 3.63) is 132 Å². The number of aliphatic hydroxyl groups is 1. The Morgan fingerprint density at radius 3 is 2.31 bits per heavy atom. The standard InChI is InChI=1S/C61H67FN12O6/c1-35(2)55(58(77)73-34-43(75)24-50(73)57-66-60(3,80-70-57)39-14-12-37(13-15-39)45-8-4-6-10-48(45)62)53-26-54(69-79-53)78-44-18-16-40(17-19-44)71-22-20-36(21-23-71)38-29-64-59(65-30-38)61-27-41-32-72(33-42(28-61)74(41)61)51-31-63-56-47(51)25-49(67-68-56)46-9-5-7-11-52(46)76/h4-15,25-26,29-31,35-36,40-44,50,55,75-76H,16-24,27-28,32-34H2,1-3H3,(H,63,68)(H,66,70)/t40?,41?,42?,43-,44?,50+,55-,60-,61?/m1/s1. The molecular formula is C61H67FN12O6. The van der Waals surface area contributed by atoms with Crippen LogP contribution in [0.3, 0.4) is 0 Å². The minimum Gasteiger partial charge on any atom is -0.507 e. The number of phenolic OH excluding ortho intramolecular Hbond substituents is 1. The minimum absolute atomic E-state index is 0.000793. The van der Waals surface area contributed by atoms with Crippen LogP contribution in [0, 0.1) is 11.7 Å². The van der Waals surface area contributed by atoms with Crippen molar-refractivity contribution in [3.8, 4) is 34.0 Å². The van der Waals surface area contributed by atoms with Gasteiger partial charge in [-0.05, 0) is 124 Å². The quantitative estimate of drug-likeness (QED) is 0.0854. The van der Waals surface area contributed by atoms with E-state index in [1.54, 1.807) is 35.2 Å². The number of amides is 1. The first-order chi connectivity index (χ1) is 38.9. The number of H-pyrrole nitrogens is 1. The van der Waals surface area contributed by atoms with Gasteiger partial charge in [0.05, 0.1) is 29.1 Å². The van der Waals surface area contributed by atoms with Crippen molar-refractivity contribution in [3.63, 3.8) is 0 Å². The molecule has 1 aliphatic carbocycles. The number of anilines is 1. The molecule has 1 saturated carbocycles. The highest BCUT2D eigenvalue weighted by Gasteiger charge is 2.67. The topological polar surface area (TPSA) is 207 Å². The largest absolute Gasteiger partial charge is 0.507 e. The number of phenols is 1. The van der Waals surface area contributed by atoms with Crippen LogP contribution < -0.4 is 15.1 Å². The number of piperidine rings is 2. The van der Waals surface area contributed by atoms with Crippen molar-refractivity contribution >= 4 is 28.5 Å². The molecule has 6 aliphatic heterocycles. The number of aromatic nitrogens is 6. The van der Waals surface area contributed by atoms with Gasteiger partial charge in [-0.25, -0.2) is 29.7 Å². The van der Waals surface area contributed by atoms with E-state index in [0.717, 1.165) is 111 Å². The first-order valence-corrected chi connectivity index (χ1v) is 28.6. The van der Waals surface area contributed by atoms with E-state index in [-0.39, 0.29) is 41.6 Å². The molecule has 414 valence electrons. The molecule has 14 rings (SSSR count). The molecule has 6 atom stereocenters. The van der Waals surface area contributed by atoms with Gasteiger partial charge < -0.3 is 39.2 Å². The number of hydroxylamine groups is 1. The van der Waals surface area contributed by atoms with Gasteiger partial charge >= 0.3 is 0 Å². The van der Waals surface area contributed by atoms with Gasteiger partial charge in [0.1, 0.15) is 35.2 Å². The number of aromatic amines is 1. The van der Waals surface area contributed by atoms with E-state index >= 15 is 0 Å². The van der Waals surface area contributed by atoms with E-state index in [1.165, 1.54) is 11.6 Å². The monoisotopic (exact) mass is 1080 g/mol.